The standard InChI is InChI=1S/C13H18ClFN2O2.ClH/c1-16-8-13(18)17(5-6-19-2)9-10-3-4-11(15)7-12(10)14;/h3-4,7,16H,5-6,8-9H2,1-2H3;1H. The van der Waals surface area contributed by atoms with E-state index >= 15 is 0 Å². The van der Waals surface area contributed by atoms with E-state index in [1.807, 2.05) is 0 Å². The highest BCUT2D eigenvalue weighted by molar-refractivity contribution is 6.31. The van der Waals surface area contributed by atoms with E-state index in [0.29, 0.717) is 30.3 Å². The zero-order valence-electron chi connectivity index (χ0n) is 11.5. The Morgan fingerprint density at radius 2 is 2.20 bits per heavy atom. The number of nitrogens with one attached hydrogen (secondary N) is 1. The minimum atomic E-state index is -0.390. The summed E-state index contributed by atoms with van der Waals surface area (Å²) in [6.45, 7) is 1.48. The highest BCUT2D eigenvalue weighted by Gasteiger charge is 2.14. The van der Waals surface area contributed by atoms with E-state index < -0.39 is 5.82 Å². The van der Waals surface area contributed by atoms with Crippen LogP contribution in [0.4, 0.5) is 4.39 Å². The van der Waals surface area contributed by atoms with Crippen molar-refractivity contribution < 1.29 is 13.9 Å². The van der Waals surface area contributed by atoms with Gasteiger partial charge in [-0.25, -0.2) is 4.39 Å². The Kier molecular flexibility index (Phi) is 9.50. The number of carbonyl (C=O) groups is 1. The van der Waals surface area contributed by atoms with Crippen molar-refractivity contribution in [1.82, 2.24) is 10.2 Å². The number of benzene rings is 1. The number of halogens is 3. The Labute approximate surface area is 129 Å². The van der Waals surface area contributed by atoms with Gasteiger partial charge in [0, 0.05) is 25.2 Å². The smallest absolute Gasteiger partial charge is 0.236 e. The minimum Gasteiger partial charge on any atom is -0.383 e. The van der Waals surface area contributed by atoms with Gasteiger partial charge in [-0.05, 0) is 24.7 Å². The van der Waals surface area contributed by atoms with Gasteiger partial charge in [0.05, 0.1) is 13.2 Å². The summed E-state index contributed by atoms with van der Waals surface area (Å²) in [7, 11) is 3.28. The maximum absolute atomic E-state index is 13.0. The monoisotopic (exact) mass is 324 g/mol. The van der Waals surface area contributed by atoms with Gasteiger partial charge in [0.15, 0.2) is 0 Å². The quantitative estimate of drug-likeness (QED) is 0.835. The van der Waals surface area contributed by atoms with Crippen LogP contribution in [0.3, 0.4) is 0 Å². The summed E-state index contributed by atoms with van der Waals surface area (Å²) in [6, 6.07) is 4.16. The molecule has 1 aromatic rings. The molecule has 4 nitrogen and oxygen atoms in total. The topological polar surface area (TPSA) is 41.6 Å². The summed E-state index contributed by atoms with van der Waals surface area (Å²) in [5.41, 5.74) is 0.712. The molecule has 1 N–H and O–H groups in total. The van der Waals surface area contributed by atoms with Crippen molar-refractivity contribution in [3.05, 3.63) is 34.6 Å². The molecule has 0 spiro atoms. The zero-order chi connectivity index (χ0) is 14.3. The van der Waals surface area contributed by atoms with Crippen LogP contribution >= 0.6 is 24.0 Å². The molecule has 0 bridgehead atoms. The number of hydrogen-bond donors (Lipinski definition) is 1. The van der Waals surface area contributed by atoms with Crippen LogP contribution in [-0.2, 0) is 16.1 Å². The third-order valence-electron chi connectivity index (χ3n) is 2.62. The molecular weight excluding hydrogens is 306 g/mol. The van der Waals surface area contributed by atoms with E-state index in [2.05, 4.69) is 5.32 Å². The van der Waals surface area contributed by atoms with E-state index in [-0.39, 0.29) is 24.9 Å². The average molecular weight is 325 g/mol. The summed E-state index contributed by atoms with van der Waals surface area (Å²) >= 11 is 5.96. The molecule has 0 aliphatic heterocycles. The van der Waals surface area contributed by atoms with Crippen LogP contribution in [-0.4, -0.2) is 44.7 Å². The lowest BCUT2D eigenvalue weighted by molar-refractivity contribution is -0.131. The number of methoxy groups -OCH3 is 1. The summed E-state index contributed by atoms with van der Waals surface area (Å²) in [4.78, 5) is 13.5. The molecule has 0 fully saturated rings. The van der Waals surface area contributed by atoms with Crippen molar-refractivity contribution >= 4 is 29.9 Å². The molecular formula is C13H19Cl2FN2O2. The maximum atomic E-state index is 13.0. The first-order chi connectivity index (χ1) is 9.08. The predicted octanol–water partition coefficient (Wildman–Crippen LogP) is 2.10. The number of nitrogens with zero attached hydrogens (tertiary/aromatic N) is 1. The Bertz CT molecular complexity index is 433. The summed E-state index contributed by atoms with van der Waals surface area (Å²) < 4.78 is 18.0. The van der Waals surface area contributed by atoms with E-state index in [1.54, 1.807) is 25.1 Å². The Balaban J connectivity index is 0.00000361. The van der Waals surface area contributed by atoms with Crippen molar-refractivity contribution in [3.63, 3.8) is 0 Å². The lowest BCUT2D eigenvalue weighted by Crippen LogP contribution is -2.38. The van der Waals surface area contributed by atoms with Gasteiger partial charge in [0.25, 0.3) is 0 Å². The predicted molar refractivity (Wildman–Crippen MR) is 79.9 cm³/mol. The molecule has 114 valence electrons. The van der Waals surface area contributed by atoms with Crippen molar-refractivity contribution in [3.8, 4) is 0 Å². The molecule has 0 radical (unpaired) electrons. The van der Waals surface area contributed by atoms with Crippen LogP contribution in [0.25, 0.3) is 0 Å². The van der Waals surface area contributed by atoms with Gasteiger partial charge in [-0.2, -0.15) is 0 Å². The molecule has 0 aliphatic rings. The van der Waals surface area contributed by atoms with Gasteiger partial charge in [0.1, 0.15) is 5.82 Å². The molecule has 1 aromatic carbocycles. The third-order valence-corrected chi connectivity index (χ3v) is 2.97. The maximum Gasteiger partial charge on any atom is 0.236 e. The number of amides is 1. The van der Waals surface area contributed by atoms with Crippen molar-refractivity contribution in [2.75, 3.05) is 33.9 Å². The number of rotatable bonds is 7. The van der Waals surface area contributed by atoms with Gasteiger partial charge in [0.2, 0.25) is 5.91 Å². The lowest BCUT2D eigenvalue weighted by atomic mass is 10.2. The van der Waals surface area contributed by atoms with Crippen LogP contribution < -0.4 is 5.32 Å². The average Bonchev–Trinajstić information content (AvgIpc) is 2.37. The van der Waals surface area contributed by atoms with Gasteiger partial charge in [-0.1, -0.05) is 17.7 Å². The largest absolute Gasteiger partial charge is 0.383 e. The van der Waals surface area contributed by atoms with E-state index in [4.69, 9.17) is 16.3 Å². The Morgan fingerprint density at radius 3 is 2.75 bits per heavy atom. The second-order valence-corrected chi connectivity index (χ2v) is 4.48. The molecule has 0 unspecified atom stereocenters. The van der Waals surface area contributed by atoms with Gasteiger partial charge >= 0.3 is 0 Å². The summed E-state index contributed by atoms with van der Waals surface area (Å²) in [6.07, 6.45) is 0. The van der Waals surface area contributed by atoms with Gasteiger partial charge in [-0.15, -0.1) is 12.4 Å². The third kappa shape index (κ3) is 6.05. The molecule has 20 heavy (non-hydrogen) atoms. The first-order valence-corrected chi connectivity index (χ1v) is 6.31. The van der Waals surface area contributed by atoms with Crippen LogP contribution in [0, 0.1) is 5.82 Å². The highest BCUT2D eigenvalue weighted by atomic mass is 35.5. The second-order valence-electron chi connectivity index (χ2n) is 4.07. The van der Waals surface area contributed by atoms with Crippen molar-refractivity contribution in [1.29, 1.82) is 0 Å². The van der Waals surface area contributed by atoms with E-state index in [1.165, 1.54) is 12.1 Å². The number of ether oxygens (including phenoxy) is 1. The van der Waals surface area contributed by atoms with Crippen molar-refractivity contribution in [2.45, 2.75) is 6.54 Å². The SMILES string of the molecule is CNCC(=O)N(CCOC)Cc1ccc(F)cc1Cl.Cl. The summed E-state index contributed by atoms with van der Waals surface area (Å²) in [5.74, 6) is -0.446. The second kappa shape index (κ2) is 9.94. The fourth-order valence-electron chi connectivity index (χ4n) is 1.61. The Morgan fingerprint density at radius 1 is 1.50 bits per heavy atom. The molecule has 0 saturated heterocycles. The lowest BCUT2D eigenvalue weighted by Gasteiger charge is -2.23. The molecule has 0 atom stereocenters. The zero-order valence-corrected chi connectivity index (χ0v) is 13.1. The first-order valence-electron chi connectivity index (χ1n) is 5.93. The van der Waals surface area contributed by atoms with Crippen LogP contribution in [0.5, 0.6) is 0 Å². The first kappa shape index (κ1) is 19.1. The molecule has 0 aliphatic carbocycles. The normalized spacial score (nSPS) is 10.0. The van der Waals surface area contributed by atoms with Crippen molar-refractivity contribution in [2.24, 2.45) is 0 Å². The van der Waals surface area contributed by atoms with E-state index in [9.17, 15) is 9.18 Å². The number of hydrogen-bond acceptors (Lipinski definition) is 3. The summed E-state index contributed by atoms with van der Waals surface area (Å²) in [5, 5.41) is 3.13. The van der Waals surface area contributed by atoms with Crippen LogP contribution in [0.2, 0.25) is 5.02 Å². The number of carbonyl (C=O) groups excluding carboxylic acids is 1. The fourth-order valence-corrected chi connectivity index (χ4v) is 1.84. The van der Waals surface area contributed by atoms with Crippen LogP contribution in [0.15, 0.2) is 18.2 Å². The molecule has 1 amide bonds. The minimum absolute atomic E-state index is 0. The molecule has 0 saturated carbocycles. The molecule has 0 aromatic heterocycles. The molecule has 7 heteroatoms. The number of likely N-dealkylation sites (N-methyl/N-ethyl adjacent to an activating group) is 1. The molecule has 1 rings (SSSR count). The highest BCUT2D eigenvalue weighted by Crippen LogP contribution is 2.19. The van der Waals surface area contributed by atoms with Crippen LogP contribution in [0.1, 0.15) is 5.56 Å². The van der Waals surface area contributed by atoms with Gasteiger partial charge in [-0.3, -0.25) is 4.79 Å². The molecule has 0 heterocycles. The fraction of sp³-hybridized carbons (Fsp3) is 0.462. The van der Waals surface area contributed by atoms with E-state index in [0.717, 1.165) is 0 Å². The Hall–Kier alpha value is -0.880. The van der Waals surface area contributed by atoms with Gasteiger partial charge < -0.3 is 15.0 Å².